The summed E-state index contributed by atoms with van der Waals surface area (Å²) < 4.78 is 68.0. The molecule has 0 atom stereocenters. The van der Waals surface area contributed by atoms with E-state index in [1.54, 1.807) is 12.1 Å². The highest BCUT2D eigenvalue weighted by atomic mass is 32.2. The van der Waals surface area contributed by atoms with Crippen molar-refractivity contribution in [2.45, 2.75) is 23.9 Å². The van der Waals surface area contributed by atoms with Crippen molar-refractivity contribution in [3.8, 4) is 0 Å². The van der Waals surface area contributed by atoms with Gasteiger partial charge in [-0.15, -0.1) is 0 Å². The zero-order valence-electron chi connectivity index (χ0n) is 11.3. The molecule has 0 aliphatic carbocycles. The second-order valence-electron chi connectivity index (χ2n) is 4.81. The van der Waals surface area contributed by atoms with E-state index in [0.29, 0.717) is 12.8 Å². The molecular weight excluding hydrogens is 317 g/mol. The Labute approximate surface area is 126 Å². The standard InChI is InChI=1S/C15H13F3O3S/c16-15(17,18)13-7-3-11(4-8-13)1-2-12-5-9-14(10-6-12)22(19,20)21/h3-10H,1-2H2,(H,19,20,21). The molecule has 0 spiro atoms. The second kappa shape index (κ2) is 6.10. The topological polar surface area (TPSA) is 54.4 Å². The van der Waals surface area contributed by atoms with Gasteiger partial charge in [-0.3, -0.25) is 4.55 Å². The number of alkyl halides is 3. The smallest absolute Gasteiger partial charge is 0.282 e. The average Bonchev–Trinajstić information content (AvgIpc) is 2.44. The molecule has 2 aromatic rings. The fraction of sp³-hybridized carbons (Fsp3) is 0.200. The summed E-state index contributed by atoms with van der Waals surface area (Å²) in [6.45, 7) is 0. The second-order valence-corrected chi connectivity index (χ2v) is 6.24. The SMILES string of the molecule is O=S(=O)(O)c1ccc(CCc2ccc(C(F)(F)F)cc2)cc1. The van der Waals surface area contributed by atoms with Gasteiger partial charge < -0.3 is 0 Å². The third kappa shape index (κ3) is 4.32. The first-order valence-corrected chi connectivity index (χ1v) is 7.83. The fourth-order valence-electron chi connectivity index (χ4n) is 1.98. The number of aryl methyl sites for hydroxylation is 2. The molecule has 0 aromatic heterocycles. The van der Waals surface area contributed by atoms with Crippen LogP contribution in [0, 0.1) is 0 Å². The molecule has 118 valence electrons. The monoisotopic (exact) mass is 330 g/mol. The van der Waals surface area contributed by atoms with Gasteiger partial charge in [0, 0.05) is 0 Å². The number of halogens is 3. The third-order valence-electron chi connectivity index (χ3n) is 3.20. The average molecular weight is 330 g/mol. The summed E-state index contributed by atoms with van der Waals surface area (Å²) >= 11 is 0. The van der Waals surface area contributed by atoms with Crippen LogP contribution in [-0.4, -0.2) is 13.0 Å². The van der Waals surface area contributed by atoms with Crippen LogP contribution in [0.25, 0.3) is 0 Å². The predicted molar refractivity (Wildman–Crippen MR) is 75.1 cm³/mol. The lowest BCUT2D eigenvalue weighted by Crippen LogP contribution is -2.04. The van der Waals surface area contributed by atoms with E-state index >= 15 is 0 Å². The molecule has 0 aliphatic heterocycles. The maximum absolute atomic E-state index is 12.4. The summed E-state index contributed by atoms with van der Waals surface area (Å²) in [4.78, 5) is -0.189. The highest BCUT2D eigenvalue weighted by Crippen LogP contribution is 2.29. The summed E-state index contributed by atoms with van der Waals surface area (Å²) in [6, 6.07) is 10.6. The van der Waals surface area contributed by atoms with Crippen molar-refractivity contribution >= 4 is 10.1 Å². The van der Waals surface area contributed by atoms with E-state index in [-0.39, 0.29) is 4.90 Å². The molecule has 0 fully saturated rings. The summed E-state index contributed by atoms with van der Waals surface area (Å²) in [5.41, 5.74) is 0.896. The Balaban J connectivity index is 2.01. The summed E-state index contributed by atoms with van der Waals surface area (Å²) in [5, 5.41) is 0. The molecule has 0 saturated heterocycles. The highest BCUT2D eigenvalue weighted by Gasteiger charge is 2.29. The Hall–Kier alpha value is -1.86. The number of benzene rings is 2. The first kappa shape index (κ1) is 16.5. The van der Waals surface area contributed by atoms with E-state index in [1.807, 2.05) is 0 Å². The van der Waals surface area contributed by atoms with Crippen molar-refractivity contribution in [3.05, 3.63) is 65.2 Å². The quantitative estimate of drug-likeness (QED) is 0.869. The van der Waals surface area contributed by atoms with Gasteiger partial charge in [-0.1, -0.05) is 24.3 Å². The van der Waals surface area contributed by atoms with Crippen LogP contribution in [0.15, 0.2) is 53.4 Å². The van der Waals surface area contributed by atoms with E-state index in [0.717, 1.165) is 23.3 Å². The zero-order valence-corrected chi connectivity index (χ0v) is 12.2. The molecular formula is C15H13F3O3S. The van der Waals surface area contributed by atoms with Crippen LogP contribution in [0.4, 0.5) is 13.2 Å². The molecule has 0 heterocycles. The molecule has 1 N–H and O–H groups in total. The van der Waals surface area contributed by atoms with Crippen LogP contribution in [0.5, 0.6) is 0 Å². The van der Waals surface area contributed by atoms with Crippen LogP contribution in [-0.2, 0) is 29.1 Å². The van der Waals surface area contributed by atoms with E-state index in [4.69, 9.17) is 4.55 Å². The first-order valence-electron chi connectivity index (χ1n) is 6.39. The molecule has 2 aromatic carbocycles. The lowest BCUT2D eigenvalue weighted by atomic mass is 10.0. The first-order chi connectivity index (χ1) is 10.2. The summed E-state index contributed by atoms with van der Waals surface area (Å²) in [5.74, 6) is 0. The molecule has 2 rings (SSSR count). The molecule has 0 radical (unpaired) electrons. The third-order valence-corrected chi connectivity index (χ3v) is 4.07. The Morgan fingerprint density at radius 3 is 1.59 bits per heavy atom. The number of hydrogen-bond acceptors (Lipinski definition) is 2. The fourth-order valence-corrected chi connectivity index (χ4v) is 2.46. The van der Waals surface area contributed by atoms with Crippen molar-refractivity contribution in [2.75, 3.05) is 0 Å². The molecule has 0 aliphatic rings. The number of rotatable bonds is 4. The van der Waals surface area contributed by atoms with Crippen molar-refractivity contribution in [1.29, 1.82) is 0 Å². The van der Waals surface area contributed by atoms with Gasteiger partial charge in [-0.25, -0.2) is 0 Å². The van der Waals surface area contributed by atoms with Crippen LogP contribution in [0.3, 0.4) is 0 Å². The lowest BCUT2D eigenvalue weighted by molar-refractivity contribution is -0.137. The van der Waals surface area contributed by atoms with Gasteiger partial charge >= 0.3 is 6.18 Å². The summed E-state index contributed by atoms with van der Waals surface area (Å²) in [7, 11) is -4.21. The Kier molecular flexibility index (Phi) is 4.58. The Morgan fingerprint density at radius 1 is 0.818 bits per heavy atom. The number of hydrogen-bond donors (Lipinski definition) is 1. The van der Waals surface area contributed by atoms with E-state index in [1.165, 1.54) is 24.3 Å². The minimum Gasteiger partial charge on any atom is -0.282 e. The van der Waals surface area contributed by atoms with Crippen LogP contribution in [0.1, 0.15) is 16.7 Å². The van der Waals surface area contributed by atoms with Gasteiger partial charge in [0.1, 0.15) is 0 Å². The molecule has 0 amide bonds. The predicted octanol–water partition coefficient (Wildman–Crippen LogP) is 3.74. The van der Waals surface area contributed by atoms with Crippen molar-refractivity contribution in [3.63, 3.8) is 0 Å². The van der Waals surface area contributed by atoms with Gasteiger partial charge in [0.05, 0.1) is 10.5 Å². The van der Waals surface area contributed by atoms with E-state index in [9.17, 15) is 21.6 Å². The van der Waals surface area contributed by atoms with E-state index < -0.39 is 21.9 Å². The van der Waals surface area contributed by atoms with Crippen molar-refractivity contribution in [1.82, 2.24) is 0 Å². The van der Waals surface area contributed by atoms with Gasteiger partial charge in [0.15, 0.2) is 0 Å². The Morgan fingerprint density at radius 2 is 1.23 bits per heavy atom. The molecule has 3 nitrogen and oxygen atoms in total. The van der Waals surface area contributed by atoms with Crippen LogP contribution < -0.4 is 0 Å². The van der Waals surface area contributed by atoms with Gasteiger partial charge in [0.25, 0.3) is 10.1 Å². The largest absolute Gasteiger partial charge is 0.416 e. The van der Waals surface area contributed by atoms with Crippen molar-refractivity contribution < 1.29 is 26.1 Å². The molecule has 22 heavy (non-hydrogen) atoms. The minimum absolute atomic E-state index is 0.189. The summed E-state index contributed by atoms with van der Waals surface area (Å²) in [6.07, 6.45) is -3.26. The van der Waals surface area contributed by atoms with Crippen LogP contribution in [0.2, 0.25) is 0 Å². The van der Waals surface area contributed by atoms with E-state index in [2.05, 4.69) is 0 Å². The van der Waals surface area contributed by atoms with Gasteiger partial charge in [-0.05, 0) is 48.2 Å². The molecule has 7 heteroatoms. The molecule has 0 unspecified atom stereocenters. The molecule has 0 saturated carbocycles. The minimum atomic E-state index is -4.34. The normalized spacial score (nSPS) is 12.4. The van der Waals surface area contributed by atoms with Crippen molar-refractivity contribution in [2.24, 2.45) is 0 Å². The van der Waals surface area contributed by atoms with Crippen LogP contribution >= 0.6 is 0 Å². The Bertz CT molecular complexity index is 733. The lowest BCUT2D eigenvalue weighted by Gasteiger charge is -2.08. The van der Waals surface area contributed by atoms with Gasteiger partial charge in [-0.2, -0.15) is 21.6 Å². The molecule has 0 bridgehead atoms. The highest BCUT2D eigenvalue weighted by molar-refractivity contribution is 7.85. The zero-order chi connectivity index (χ0) is 16.4. The maximum atomic E-state index is 12.4. The van der Waals surface area contributed by atoms with Gasteiger partial charge in [0.2, 0.25) is 0 Å². The maximum Gasteiger partial charge on any atom is 0.416 e.